The Labute approximate surface area is 98.8 Å². The van der Waals surface area contributed by atoms with E-state index < -0.39 is 11.6 Å². The maximum Gasteiger partial charge on any atom is 0.167 e. The van der Waals surface area contributed by atoms with Gasteiger partial charge in [-0.3, -0.25) is 4.90 Å². The third-order valence-electron chi connectivity index (χ3n) is 3.41. The van der Waals surface area contributed by atoms with Crippen LogP contribution in [-0.2, 0) is 0 Å². The van der Waals surface area contributed by atoms with Crippen LogP contribution in [0.15, 0.2) is 12.1 Å². The lowest BCUT2D eigenvalue weighted by Gasteiger charge is -2.21. The molecule has 17 heavy (non-hydrogen) atoms. The van der Waals surface area contributed by atoms with Crippen LogP contribution in [0.2, 0.25) is 0 Å². The van der Waals surface area contributed by atoms with Gasteiger partial charge in [-0.05, 0) is 38.1 Å². The van der Waals surface area contributed by atoms with Crippen LogP contribution in [0, 0.1) is 17.6 Å². The van der Waals surface area contributed by atoms with E-state index in [1.54, 1.807) is 0 Å². The fourth-order valence-corrected chi connectivity index (χ4v) is 2.49. The van der Waals surface area contributed by atoms with Gasteiger partial charge in [0.05, 0.1) is 0 Å². The maximum absolute atomic E-state index is 13.7. The topological polar surface area (TPSA) is 49.5 Å². The van der Waals surface area contributed by atoms with Crippen molar-refractivity contribution < 1.29 is 13.9 Å². The Kier molecular flexibility index (Phi) is 3.31. The zero-order chi connectivity index (χ0) is 12.6. The fraction of sp³-hybridized carbons (Fsp3) is 0.500. The van der Waals surface area contributed by atoms with Gasteiger partial charge in [-0.1, -0.05) is 0 Å². The standard InChI is InChI=1S/C12H16F2N2O/c1-16-6-7(5-15)4-9(16)11-10(17)3-2-8(13)12(11)14/h2-3,7,9,17H,4-6,15H2,1H3. The number of likely N-dealkylation sites (tertiary alicyclic amines) is 1. The van der Waals surface area contributed by atoms with E-state index in [1.807, 2.05) is 11.9 Å². The average Bonchev–Trinajstić information content (AvgIpc) is 2.66. The quantitative estimate of drug-likeness (QED) is 0.828. The van der Waals surface area contributed by atoms with E-state index in [1.165, 1.54) is 6.07 Å². The molecule has 2 unspecified atom stereocenters. The Morgan fingerprint density at radius 3 is 2.76 bits per heavy atom. The molecule has 0 saturated carbocycles. The summed E-state index contributed by atoms with van der Waals surface area (Å²) in [6.07, 6.45) is 0.640. The van der Waals surface area contributed by atoms with Crippen LogP contribution in [0.5, 0.6) is 5.75 Å². The van der Waals surface area contributed by atoms with Crippen molar-refractivity contribution in [3.8, 4) is 5.75 Å². The number of nitrogens with zero attached hydrogens (tertiary/aromatic N) is 1. The molecule has 1 aromatic carbocycles. The molecule has 0 bridgehead atoms. The summed E-state index contributed by atoms with van der Waals surface area (Å²) in [6, 6.07) is 1.82. The molecular weight excluding hydrogens is 226 g/mol. The zero-order valence-corrected chi connectivity index (χ0v) is 9.66. The SMILES string of the molecule is CN1CC(CN)CC1c1c(O)ccc(F)c1F. The first-order valence-electron chi connectivity index (χ1n) is 5.61. The zero-order valence-electron chi connectivity index (χ0n) is 9.66. The number of phenols is 1. The van der Waals surface area contributed by atoms with Gasteiger partial charge < -0.3 is 10.8 Å². The molecule has 3 nitrogen and oxygen atoms in total. The van der Waals surface area contributed by atoms with Crippen molar-refractivity contribution in [1.29, 1.82) is 0 Å². The Morgan fingerprint density at radius 2 is 2.18 bits per heavy atom. The molecule has 0 spiro atoms. The highest BCUT2D eigenvalue weighted by Crippen LogP contribution is 2.39. The third-order valence-corrected chi connectivity index (χ3v) is 3.41. The van der Waals surface area contributed by atoms with E-state index in [4.69, 9.17) is 5.73 Å². The first-order valence-corrected chi connectivity index (χ1v) is 5.61. The van der Waals surface area contributed by atoms with Gasteiger partial charge in [0.25, 0.3) is 0 Å². The van der Waals surface area contributed by atoms with Gasteiger partial charge in [0.15, 0.2) is 11.6 Å². The Balaban J connectivity index is 2.37. The summed E-state index contributed by atoms with van der Waals surface area (Å²) < 4.78 is 26.9. The lowest BCUT2D eigenvalue weighted by Crippen LogP contribution is -2.21. The molecule has 2 rings (SSSR count). The van der Waals surface area contributed by atoms with Crippen LogP contribution in [0.4, 0.5) is 8.78 Å². The first kappa shape index (κ1) is 12.3. The smallest absolute Gasteiger partial charge is 0.167 e. The highest BCUT2D eigenvalue weighted by molar-refractivity contribution is 5.37. The van der Waals surface area contributed by atoms with Crippen LogP contribution in [0.3, 0.4) is 0 Å². The summed E-state index contributed by atoms with van der Waals surface area (Å²) in [5.41, 5.74) is 5.63. The van der Waals surface area contributed by atoms with Crippen molar-refractivity contribution in [1.82, 2.24) is 4.90 Å². The number of nitrogens with two attached hydrogens (primary N) is 1. The van der Waals surface area contributed by atoms with Crippen LogP contribution < -0.4 is 5.73 Å². The van der Waals surface area contributed by atoms with Crippen molar-refractivity contribution in [3.05, 3.63) is 29.3 Å². The second-order valence-corrected chi connectivity index (χ2v) is 4.59. The summed E-state index contributed by atoms with van der Waals surface area (Å²) in [5, 5.41) is 9.69. The predicted octanol–water partition coefficient (Wildman–Crippen LogP) is 1.62. The minimum absolute atomic E-state index is 0.0449. The normalized spacial score (nSPS) is 25.4. The van der Waals surface area contributed by atoms with Crippen LogP contribution in [-0.4, -0.2) is 30.1 Å². The first-order chi connectivity index (χ1) is 8.04. The maximum atomic E-state index is 13.7. The lowest BCUT2D eigenvalue weighted by atomic mass is 9.98. The van der Waals surface area contributed by atoms with Gasteiger partial charge >= 0.3 is 0 Å². The molecule has 1 fully saturated rings. The van der Waals surface area contributed by atoms with Crippen LogP contribution in [0.1, 0.15) is 18.0 Å². The van der Waals surface area contributed by atoms with Crippen molar-refractivity contribution >= 4 is 0 Å². The Hall–Kier alpha value is -1.20. The third kappa shape index (κ3) is 2.12. The monoisotopic (exact) mass is 242 g/mol. The van der Waals surface area contributed by atoms with E-state index in [0.717, 1.165) is 12.6 Å². The van der Waals surface area contributed by atoms with Crippen molar-refractivity contribution in [2.75, 3.05) is 20.1 Å². The molecule has 1 aliphatic heterocycles. The summed E-state index contributed by atoms with van der Waals surface area (Å²) in [4.78, 5) is 1.90. The molecule has 0 radical (unpaired) electrons. The van der Waals surface area contributed by atoms with Crippen molar-refractivity contribution in [3.63, 3.8) is 0 Å². The van der Waals surface area contributed by atoms with Gasteiger partial charge in [0.2, 0.25) is 0 Å². The van der Waals surface area contributed by atoms with Crippen LogP contribution in [0.25, 0.3) is 0 Å². The molecule has 3 N–H and O–H groups in total. The molecule has 94 valence electrons. The van der Waals surface area contributed by atoms with Gasteiger partial charge in [-0.25, -0.2) is 8.78 Å². The minimum Gasteiger partial charge on any atom is -0.507 e. The van der Waals surface area contributed by atoms with Crippen molar-refractivity contribution in [2.24, 2.45) is 11.7 Å². The molecule has 0 aromatic heterocycles. The number of halogens is 2. The summed E-state index contributed by atoms with van der Waals surface area (Å²) in [7, 11) is 1.82. The summed E-state index contributed by atoms with van der Waals surface area (Å²) >= 11 is 0. The van der Waals surface area contributed by atoms with Gasteiger partial charge in [0, 0.05) is 18.2 Å². The molecule has 0 aliphatic carbocycles. The van der Waals surface area contributed by atoms with E-state index in [2.05, 4.69) is 0 Å². The summed E-state index contributed by atoms with van der Waals surface area (Å²) in [5.74, 6) is -1.83. The number of hydrogen-bond donors (Lipinski definition) is 2. The largest absolute Gasteiger partial charge is 0.507 e. The predicted molar refractivity (Wildman–Crippen MR) is 60.6 cm³/mol. The van der Waals surface area contributed by atoms with Gasteiger partial charge in [-0.15, -0.1) is 0 Å². The second kappa shape index (κ2) is 4.58. The number of hydrogen-bond acceptors (Lipinski definition) is 3. The number of benzene rings is 1. The fourth-order valence-electron chi connectivity index (χ4n) is 2.49. The van der Waals surface area contributed by atoms with Gasteiger partial charge in [0.1, 0.15) is 5.75 Å². The number of rotatable bonds is 2. The van der Waals surface area contributed by atoms with E-state index in [-0.39, 0.29) is 23.3 Å². The highest BCUT2D eigenvalue weighted by atomic mass is 19.2. The van der Waals surface area contributed by atoms with Gasteiger partial charge in [-0.2, -0.15) is 0 Å². The van der Waals surface area contributed by atoms with E-state index in [9.17, 15) is 13.9 Å². The highest BCUT2D eigenvalue weighted by Gasteiger charge is 2.34. The van der Waals surface area contributed by atoms with Crippen LogP contribution >= 0.6 is 0 Å². The molecule has 5 heteroatoms. The Morgan fingerprint density at radius 1 is 1.47 bits per heavy atom. The molecule has 2 atom stereocenters. The molecule has 1 aromatic rings. The molecule has 1 aliphatic rings. The number of aromatic hydroxyl groups is 1. The minimum atomic E-state index is -0.959. The molecule has 1 saturated heterocycles. The second-order valence-electron chi connectivity index (χ2n) is 4.59. The number of phenolic OH excluding ortho intramolecular Hbond substituents is 1. The molecular formula is C12H16F2N2O. The van der Waals surface area contributed by atoms with Crippen molar-refractivity contribution in [2.45, 2.75) is 12.5 Å². The molecule has 1 heterocycles. The lowest BCUT2D eigenvalue weighted by molar-refractivity contribution is 0.294. The van der Waals surface area contributed by atoms with E-state index >= 15 is 0 Å². The molecule has 0 amide bonds. The average molecular weight is 242 g/mol. The van der Waals surface area contributed by atoms with E-state index in [0.29, 0.717) is 13.0 Å². The Bertz CT molecular complexity index is 425. The summed E-state index contributed by atoms with van der Waals surface area (Å²) in [6.45, 7) is 1.25.